The Morgan fingerprint density at radius 1 is 1.20 bits per heavy atom. The van der Waals surface area contributed by atoms with Crippen LogP contribution in [0.4, 0.5) is 0 Å². The molecule has 1 aromatic heterocycles. The Bertz CT molecular complexity index is 661. The molecule has 25 heavy (non-hydrogen) atoms. The summed E-state index contributed by atoms with van der Waals surface area (Å²) in [5, 5.41) is 3.06. The number of rotatable bonds is 6. The van der Waals surface area contributed by atoms with E-state index in [4.69, 9.17) is 9.15 Å². The van der Waals surface area contributed by atoms with Gasteiger partial charge in [-0.15, -0.1) is 0 Å². The highest BCUT2D eigenvalue weighted by Crippen LogP contribution is 2.24. The lowest BCUT2D eigenvalue weighted by atomic mass is 10.1. The van der Waals surface area contributed by atoms with Gasteiger partial charge in [-0.3, -0.25) is 9.69 Å². The zero-order chi connectivity index (χ0) is 17.5. The molecule has 134 valence electrons. The molecule has 1 aliphatic heterocycles. The van der Waals surface area contributed by atoms with E-state index in [1.54, 1.807) is 25.5 Å². The summed E-state index contributed by atoms with van der Waals surface area (Å²) in [4.78, 5) is 15.0. The number of methoxy groups -OCH3 is 1. The van der Waals surface area contributed by atoms with Gasteiger partial charge >= 0.3 is 0 Å². The van der Waals surface area contributed by atoms with Crippen LogP contribution in [0.2, 0.25) is 0 Å². The monoisotopic (exact) mass is 342 g/mol. The van der Waals surface area contributed by atoms with Crippen LogP contribution in [0.1, 0.15) is 47.8 Å². The predicted octanol–water partition coefficient (Wildman–Crippen LogP) is 3.64. The highest BCUT2D eigenvalue weighted by molar-refractivity contribution is 5.94. The van der Waals surface area contributed by atoms with Crippen molar-refractivity contribution in [2.75, 3.05) is 26.7 Å². The van der Waals surface area contributed by atoms with Gasteiger partial charge in [0.15, 0.2) is 0 Å². The van der Waals surface area contributed by atoms with Gasteiger partial charge in [0.1, 0.15) is 11.5 Å². The van der Waals surface area contributed by atoms with Crippen molar-refractivity contribution >= 4 is 5.91 Å². The largest absolute Gasteiger partial charge is 0.497 e. The first-order valence-corrected chi connectivity index (χ1v) is 8.97. The molecular weight excluding hydrogens is 316 g/mol. The topological polar surface area (TPSA) is 54.7 Å². The molecule has 0 spiro atoms. The van der Waals surface area contributed by atoms with Crippen LogP contribution in [0.15, 0.2) is 47.1 Å². The maximum absolute atomic E-state index is 12.5. The molecule has 1 aliphatic rings. The molecule has 0 radical (unpaired) electrons. The van der Waals surface area contributed by atoms with E-state index < -0.39 is 0 Å². The van der Waals surface area contributed by atoms with Gasteiger partial charge in [0, 0.05) is 12.1 Å². The van der Waals surface area contributed by atoms with Crippen LogP contribution in [-0.2, 0) is 0 Å². The van der Waals surface area contributed by atoms with Crippen molar-refractivity contribution in [1.82, 2.24) is 10.2 Å². The number of carbonyl (C=O) groups excluding carboxylic acids is 1. The summed E-state index contributed by atoms with van der Waals surface area (Å²) in [5.74, 6) is 1.50. The third kappa shape index (κ3) is 4.63. The fourth-order valence-corrected chi connectivity index (χ4v) is 3.35. The summed E-state index contributed by atoms with van der Waals surface area (Å²) in [6.45, 7) is 2.62. The van der Waals surface area contributed by atoms with Crippen molar-refractivity contribution in [3.05, 3.63) is 54.0 Å². The molecular formula is C20H26N2O3. The highest BCUT2D eigenvalue weighted by Gasteiger charge is 2.24. The SMILES string of the molecule is COc1cccc(C(=O)NCC(c2ccco2)N2CCCCCC2)c1. The van der Waals surface area contributed by atoms with E-state index in [1.807, 2.05) is 24.3 Å². The molecule has 1 unspecified atom stereocenters. The van der Waals surface area contributed by atoms with E-state index in [1.165, 1.54) is 25.7 Å². The number of amides is 1. The van der Waals surface area contributed by atoms with E-state index in [0.717, 1.165) is 18.8 Å². The Morgan fingerprint density at radius 2 is 2.00 bits per heavy atom. The lowest BCUT2D eigenvalue weighted by Crippen LogP contribution is -2.38. The highest BCUT2D eigenvalue weighted by atomic mass is 16.5. The van der Waals surface area contributed by atoms with Crippen molar-refractivity contribution in [2.24, 2.45) is 0 Å². The first-order chi connectivity index (χ1) is 12.3. The third-order valence-corrected chi connectivity index (χ3v) is 4.74. The van der Waals surface area contributed by atoms with Crippen LogP contribution in [0.25, 0.3) is 0 Å². The third-order valence-electron chi connectivity index (χ3n) is 4.74. The van der Waals surface area contributed by atoms with E-state index in [9.17, 15) is 4.79 Å². The summed E-state index contributed by atoms with van der Waals surface area (Å²) in [6, 6.07) is 11.2. The Labute approximate surface area is 149 Å². The van der Waals surface area contributed by atoms with E-state index in [2.05, 4.69) is 10.2 Å². The second kappa shape index (κ2) is 8.72. The fraction of sp³-hybridized carbons (Fsp3) is 0.450. The van der Waals surface area contributed by atoms with Crippen molar-refractivity contribution in [1.29, 1.82) is 0 Å². The van der Waals surface area contributed by atoms with Gasteiger partial charge in [-0.1, -0.05) is 18.9 Å². The van der Waals surface area contributed by atoms with Crippen molar-refractivity contribution < 1.29 is 13.9 Å². The maximum Gasteiger partial charge on any atom is 0.251 e. The van der Waals surface area contributed by atoms with E-state index in [-0.39, 0.29) is 11.9 Å². The zero-order valence-electron chi connectivity index (χ0n) is 14.7. The molecule has 2 heterocycles. The standard InChI is InChI=1S/C20H26N2O3/c1-24-17-9-6-8-16(14-17)20(23)21-15-18(19-10-7-13-25-19)22-11-4-2-3-5-12-22/h6-10,13-14,18H,2-5,11-12,15H2,1H3,(H,21,23). The lowest BCUT2D eigenvalue weighted by Gasteiger charge is -2.29. The number of hydrogen-bond acceptors (Lipinski definition) is 4. The molecule has 1 N–H and O–H groups in total. The van der Waals surface area contributed by atoms with Crippen LogP contribution in [-0.4, -0.2) is 37.6 Å². The van der Waals surface area contributed by atoms with Gasteiger partial charge in [0.05, 0.1) is 19.4 Å². The minimum atomic E-state index is -0.0923. The van der Waals surface area contributed by atoms with Crippen LogP contribution in [0.3, 0.4) is 0 Å². The summed E-state index contributed by atoms with van der Waals surface area (Å²) in [7, 11) is 1.60. The summed E-state index contributed by atoms with van der Waals surface area (Å²) in [6.07, 6.45) is 6.64. The predicted molar refractivity (Wildman–Crippen MR) is 96.8 cm³/mol. The second-order valence-electron chi connectivity index (χ2n) is 6.42. The first-order valence-electron chi connectivity index (χ1n) is 8.97. The molecule has 1 amide bonds. The molecule has 1 atom stereocenters. The number of likely N-dealkylation sites (tertiary alicyclic amines) is 1. The molecule has 1 fully saturated rings. The normalized spacial score (nSPS) is 16.8. The van der Waals surface area contributed by atoms with Crippen LogP contribution in [0.5, 0.6) is 5.75 Å². The van der Waals surface area contributed by atoms with Crippen molar-refractivity contribution in [2.45, 2.75) is 31.7 Å². The van der Waals surface area contributed by atoms with Crippen molar-refractivity contribution in [3.8, 4) is 5.75 Å². The Morgan fingerprint density at radius 3 is 2.68 bits per heavy atom. The van der Waals surface area contributed by atoms with E-state index in [0.29, 0.717) is 17.9 Å². The molecule has 1 saturated heterocycles. The molecule has 5 heteroatoms. The smallest absolute Gasteiger partial charge is 0.251 e. The molecule has 5 nitrogen and oxygen atoms in total. The van der Waals surface area contributed by atoms with Gasteiger partial charge in [-0.2, -0.15) is 0 Å². The van der Waals surface area contributed by atoms with Crippen LogP contribution in [0, 0.1) is 0 Å². The zero-order valence-corrected chi connectivity index (χ0v) is 14.7. The molecule has 0 aliphatic carbocycles. The summed E-state index contributed by atoms with van der Waals surface area (Å²) < 4.78 is 10.8. The Kier molecular flexibility index (Phi) is 6.12. The van der Waals surface area contributed by atoms with E-state index >= 15 is 0 Å². The van der Waals surface area contributed by atoms with Crippen molar-refractivity contribution in [3.63, 3.8) is 0 Å². The van der Waals surface area contributed by atoms with Crippen LogP contribution >= 0.6 is 0 Å². The summed E-state index contributed by atoms with van der Waals surface area (Å²) >= 11 is 0. The minimum absolute atomic E-state index is 0.0719. The number of benzene rings is 1. The molecule has 0 saturated carbocycles. The number of furan rings is 1. The average molecular weight is 342 g/mol. The van der Waals surface area contributed by atoms with Gasteiger partial charge < -0.3 is 14.5 Å². The Balaban J connectivity index is 1.68. The number of carbonyl (C=O) groups is 1. The number of nitrogens with zero attached hydrogens (tertiary/aromatic N) is 1. The lowest BCUT2D eigenvalue weighted by molar-refractivity contribution is 0.0927. The van der Waals surface area contributed by atoms with Gasteiger partial charge in [-0.25, -0.2) is 0 Å². The Hall–Kier alpha value is -2.27. The van der Waals surface area contributed by atoms with Gasteiger partial charge in [0.25, 0.3) is 5.91 Å². The number of hydrogen-bond donors (Lipinski definition) is 1. The average Bonchev–Trinajstić information content (AvgIpc) is 3.04. The molecule has 3 rings (SSSR count). The fourth-order valence-electron chi connectivity index (χ4n) is 3.35. The molecule has 0 bridgehead atoms. The number of ether oxygens (including phenoxy) is 1. The first kappa shape index (κ1) is 17.5. The summed E-state index contributed by atoms with van der Waals surface area (Å²) in [5.41, 5.74) is 0.605. The number of nitrogens with one attached hydrogen (secondary N) is 1. The van der Waals surface area contributed by atoms with Gasteiger partial charge in [0.2, 0.25) is 0 Å². The molecule has 1 aromatic carbocycles. The maximum atomic E-state index is 12.5. The molecule has 2 aromatic rings. The van der Waals surface area contributed by atoms with Crippen LogP contribution < -0.4 is 10.1 Å². The second-order valence-corrected chi connectivity index (χ2v) is 6.42. The quantitative estimate of drug-likeness (QED) is 0.871. The minimum Gasteiger partial charge on any atom is -0.497 e. The van der Waals surface area contributed by atoms with Gasteiger partial charge in [-0.05, 0) is 56.3 Å².